The predicted octanol–water partition coefficient (Wildman–Crippen LogP) is 3.92. The van der Waals surface area contributed by atoms with E-state index >= 15 is 0 Å². The van der Waals surface area contributed by atoms with Crippen LogP contribution in [0.1, 0.15) is 55.7 Å². The summed E-state index contributed by atoms with van der Waals surface area (Å²) in [4.78, 5) is 1.98. The number of fused-ring (bicyclic) bond motifs is 1. The Hall–Kier alpha value is -1.61. The number of hydrogen-bond acceptors (Lipinski definition) is 2. The Bertz CT molecular complexity index is 531. The molecule has 2 atom stereocenters. The quantitative estimate of drug-likeness (QED) is 0.650. The summed E-state index contributed by atoms with van der Waals surface area (Å²) in [6, 6.07) is 8.76. The van der Waals surface area contributed by atoms with E-state index in [1.807, 2.05) is 11.0 Å². The van der Waals surface area contributed by atoms with Crippen molar-refractivity contribution >= 4 is 12.0 Å². The molecule has 112 valence electrons. The van der Waals surface area contributed by atoms with E-state index in [9.17, 15) is 0 Å². The molecule has 3 rings (SSSR count). The Morgan fingerprint density at radius 3 is 2.71 bits per heavy atom. The number of benzene rings is 1. The number of nitrogens with two attached hydrogens (primary N) is 1. The summed E-state index contributed by atoms with van der Waals surface area (Å²) in [5.41, 5.74) is 9.89. The molecule has 1 fully saturated rings. The van der Waals surface area contributed by atoms with Gasteiger partial charge in [-0.1, -0.05) is 50.1 Å². The lowest BCUT2D eigenvalue weighted by atomic mass is 9.81. The highest BCUT2D eigenvalue weighted by Gasteiger charge is 2.34. The van der Waals surface area contributed by atoms with Gasteiger partial charge in [-0.05, 0) is 30.7 Å². The number of hydrogen-bond donors (Lipinski definition) is 2. The average Bonchev–Trinajstić information content (AvgIpc) is 2.80. The van der Waals surface area contributed by atoms with Crippen LogP contribution in [0.15, 0.2) is 30.8 Å². The summed E-state index contributed by atoms with van der Waals surface area (Å²) in [5, 5.41) is 7.72. The van der Waals surface area contributed by atoms with E-state index < -0.39 is 0 Å². The molecule has 1 heterocycles. The molecular formula is C18H25N3. The maximum Gasteiger partial charge on any atom is 0.0867 e. The molecule has 2 unspecified atom stereocenters. The minimum absolute atomic E-state index is 0.183. The van der Waals surface area contributed by atoms with E-state index in [0.717, 1.165) is 12.1 Å². The second kappa shape index (κ2) is 6.02. The molecule has 2 aliphatic rings. The summed E-state index contributed by atoms with van der Waals surface area (Å²) in [7, 11) is 0. The van der Waals surface area contributed by atoms with E-state index in [-0.39, 0.29) is 12.1 Å². The third kappa shape index (κ3) is 2.62. The van der Waals surface area contributed by atoms with Gasteiger partial charge in [-0.15, -0.1) is 0 Å². The molecule has 3 heteroatoms. The molecule has 1 aliphatic heterocycles. The van der Waals surface area contributed by atoms with Crippen LogP contribution in [0.25, 0.3) is 5.70 Å². The van der Waals surface area contributed by atoms with Crippen molar-refractivity contribution in [1.29, 1.82) is 5.41 Å². The predicted molar refractivity (Wildman–Crippen MR) is 88.0 cm³/mol. The maximum absolute atomic E-state index is 7.72. The van der Waals surface area contributed by atoms with Gasteiger partial charge >= 0.3 is 0 Å². The molecule has 3 nitrogen and oxygen atoms in total. The fourth-order valence-electron chi connectivity index (χ4n) is 3.95. The molecule has 1 saturated carbocycles. The molecule has 3 N–H and O–H groups in total. The normalized spacial score (nSPS) is 24.0. The highest BCUT2D eigenvalue weighted by atomic mass is 15.2. The van der Waals surface area contributed by atoms with Crippen LogP contribution in [0.5, 0.6) is 0 Å². The van der Waals surface area contributed by atoms with Gasteiger partial charge in [0.2, 0.25) is 0 Å². The van der Waals surface area contributed by atoms with Crippen LogP contribution in [-0.4, -0.2) is 17.3 Å². The Morgan fingerprint density at radius 2 is 2.00 bits per heavy atom. The third-order valence-electron chi connectivity index (χ3n) is 5.17. The molecule has 0 saturated heterocycles. The van der Waals surface area contributed by atoms with Gasteiger partial charge < -0.3 is 10.6 Å². The first-order valence-corrected chi connectivity index (χ1v) is 8.05. The summed E-state index contributed by atoms with van der Waals surface area (Å²) in [6.07, 6.45) is 8.85. The molecule has 0 bridgehead atoms. The number of rotatable bonds is 4. The summed E-state index contributed by atoms with van der Waals surface area (Å²) in [6.45, 7) is 4.15. The minimum atomic E-state index is 0.183. The van der Waals surface area contributed by atoms with Crippen LogP contribution < -0.4 is 5.73 Å². The molecule has 0 spiro atoms. The monoisotopic (exact) mass is 283 g/mol. The van der Waals surface area contributed by atoms with E-state index in [0.29, 0.717) is 5.92 Å². The molecule has 0 aromatic heterocycles. The molecule has 21 heavy (non-hydrogen) atoms. The van der Waals surface area contributed by atoms with E-state index in [4.69, 9.17) is 11.1 Å². The van der Waals surface area contributed by atoms with Gasteiger partial charge in [0.15, 0.2) is 0 Å². The van der Waals surface area contributed by atoms with E-state index in [1.54, 1.807) is 0 Å². The summed E-state index contributed by atoms with van der Waals surface area (Å²) >= 11 is 0. The van der Waals surface area contributed by atoms with Gasteiger partial charge in [-0.2, -0.15) is 0 Å². The second-order valence-electron chi connectivity index (χ2n) is 6.38. The van der Waals surface area contributed by atoms with Crippen molar-refractivity contribution in [3.63, 3.8) is 0 Å². The third-order valence-corrected chi connectivity index (χ3v) is 5.17. The summed E-state index contributed by atoms with van der Waals surface area (Å²) in [5.74, 6) is 0.646. The van der Waals surface area contributed by atoms with Gasteiger partial charge in [0, 0.05) is 17.3 Å². The molecular weight excluding hydrogens is 258 g/mol. The van der Waals surface area contributed by atoms with E-state index in [2.05, 4.69) is 24.8 Å². The molecule has 0 amide bonds. The largest absolute Gasteiger partial charge is 0.327 e. The van der Waals surface area contributed by atoms with Crippen molar-refractivity contribution in [3.05, 3.63) is 42.0 Å². The fourth-order valence-corrected chi connectivity index (χ4v) is 3.95. The number of nitrogens with one attached hydrogen (secondary N) is 1. The first-order valence-electron chi connectivity index (χ1n) is 8.05. The van der Waals surface area contributed by atoms with Crippen LogP contribution in [0.2, 0.25) is 0 Å². The van der Waals surface area contributed by atoms with Crippen LogP contribution in [0.3, 0.4) is 0 Å². The molecule has 0 radical (unpaired) electrons. The molecule has 1 aromatic carbocycles. The number of nitrogens with zero attached hydrogens (tertiary/aromatic N) is 1. The topological polar surface area (TPSA) is 53.1 Å². The first-order chi connectivity index (χ1) is 10.2. The lowest BCUT2D eigenvalue weighted by Crippen LogP contribution is -2.35. The fraction of sp³-hybridized carbons (Fsp3) is 0.500. The van der Waals surface area contributed by atoms with Crippen LogP contribution in [0, 0.1) is 11.3 Å². The average molecular weight is 283 g/mol. The zero-order valence-electron chi connectivity index (χ0n) is 12.6. The Kier molecular flexibility index (Phi) is 4.11. The van der Waals surface area contributed by atoms with Crippen LogP contribution in [0.4, 0.5) is 0 Å². The Balaban J connectivity index is 1.79. The van der Waals surface area contributed by atoms with Crippen molar-refractivity contribution < 1.29 is 0 Å². The van der Waals surface area contributed by atoms with Gasteiger partial charge in [-0.25, -0.2) is 0 Å². The van der Waals surface area contributed by atoms with E-state index in [1.165, 1.54) is 49.6 Å². The molecule has 1 aliphatic carbocycles. The van der Waals surface area contributed by atoms with Crippen molar-refractivity contribution in [2.75, 3.05) is 0 Å². The zero-order chi connectivity index (χ0) is 14.8. The van der Waals surface area contributed by atoms with Crippen molar-refractivity contribution in [2.24, 2.45) is 11.7 Å². The Labute approximate surface area is 127 Å². The lowest BCUT2D eigenvalue weighted by Gasteiger charge is -2.32. The van der Waals surface area contributed by atoms with Crippen molar-refractivity contribution in [1.82, 2.24) is 4.90 Å². The highest BCUT2D eigenvalue weighted by Crippen LogP contribution is 2.42. The van der Waals surface area contributed by atoms with Gasteiger partial charge in [0.25, 0.3) is 0 Å². The van der Waals surface area contributed by atoms with Crippen LogP contribution in [-0.2, 0) is 0 Å². The van der Waals surface area contributed by atoms with Crippen LogP contribution >= 0.6 is 0 Å². The Morgan fingerprint density at radius 1 is 1.29 bits per heavy atom. The van der Waals surface area contributed by atoms with Crippen molar-refractivity contribution in [2.45, 2.75) is 50.6 Å². The van der Waals surface area contributed by atoms with Crippen molar-refractivity contribution in [3.8, 4) is 0 Å². The highest BCUT2D eigenvalue weighted by molar-refractivity contribution is 5.80. The van der Waals surface area contributed by atoms with Gasteiger partial charge in [0.05, 0.1) is 12.4 Å². The summed E-state index contributed by atoms with van der Waals surface area (Å²) < 4.78 is 0. The van der Waals surface area contributed by atoms with Gasteiger partial charge in [0.1, 0.15) is 0 Å². The SMILES string of the molecule is C=C1c2ccccc2C(CC(N)C2CCCCC2)N1C=N. The standard InChI is InChI=1S/C18H25N3/c1-13-15-9-5-6-10-16(15)18(21(13)12-19)11-17(20)14-7-3-2-4-8-14/h5-6,9-10,12,14,17-19H,1-4,7-8,11,20H2. The minimum Gasteiger partial charge on any atom is -0.327 e. The smallest absolute Gasteiger partial charge is 0.0867 e. The zero-order valence-corrected chi connectivity index (χ0v) is 12.6. The molecule has 1 aromatic rings. The first kappa shape index (κ1) is 14.3. The lowest BCUT2D eigenvalue weighted by molar-refractivity contribution is 0.265. The maximum atomic E-state index is 7.72. The van der Waals surface area contributed by atoms with Gasteiger partial charge in [-0.3, -0.25) is 5.41 Å². The second-order valence-corrected chi connectivity index (χ2v) is 6.38.